The van der Waals surface area contributed by atoms with Crippen LogP contribution in [0.5, 0.6) is 5.75 Å². The van der Waals surface area contributed by atoms with Crippen molar-refractivity contribution in [3.63, 3.8) is 0 Å². The Balaban J connectivity index is 1.89. The van der Waals surface area contributed by atoms with Gasteiger partial charge in [0.2, 0.25) is 0 Å². The maximum Gasteiger partial charge on any atom is 0.416 e. The van der Waals surface area contributed by atoms with Gasteiger partial charge in [-0.2, -0.15) is 13.2 Å². The molecule has 14 heteroatoms. The minimum Gasteiger partial charge on any atom is -0.490 e. The van der Waals surface area contributed by atoms with Gasteiger partial charge in [0.1, 0.15) is 5.75 Å². The number of urea groups is 2. The maximum absolute atomic E-state index is 14.3. The number of fused-ring (bicyclic) bond motifs is 1. The van der Waals surface area contributed by atoms with Gasteiger partial charge in [-0.25, -0.2) is 9.59 Å². The maximum atomic E-state index is 14.3. The van der Waals surface area contributed by atoms with Crippen LogP contribution in [0, 0.1) is 5.92 Å². The van der Waals surface area contributed by atoms with Crippen LogP contribution in [-0.4, -0.2) is 90.5 Å². The lowest BCUT2D eigenvalue weighted by Crippen LogP contribution is -2.49. The fourth-order valence-corrected chi connectivity index (χ4v) is 5.21. The Morgan fingerprint density at radius 3 is 2.31 bits per heavy atom. The zero-order chi connectivity index (χ0) is 35.6. The summed E-state index contributed by atoms with van der Waals surface area (Å²) in [5.74, 6) is -0.391. The second-order valence-corrected chi connectivity index (χ2v) is 12.6. The summed E-state index contributed by atoms with van der Waals surface area (Å²) in [6, 6.07) is 7.05. The lowest BCUT2D eigenvalue weighted by molar-refractivity contribution is -0.137. The Bertz CT molecular complexity index is 1370. The van der Waals surface area contributed by atoms with E-state index in [0.29, 0.717) is 18.8 Å². The largest absolute Gasteiger partial charge is 0.490 e. The topological polar surface area (TPSA) is 132 Å². The Hall–Kier alpha value is -4.04. The first-order valence-corrected chi connectivity index (χ1v) is 16.2. The first kappa shape index (κ1) is 38.4. The molecule has 1 heterocycles. The third-order valence-corrected chi connectivity index (χ3v) is 7.99. The lowest BCUT2D eigenvalue weighted by atomic mass is 10.0. The van der Waals surface area contributed by atoms with E-state index >= 15 is 0 Å². The number of amides is 5. The molecule has 0 radical (unpaired) electrons. The summed E-state index contributed by atoms with van der Waals surface area (Å²) in [7, 11) is 1.69. The summed E-state index contributed by atoms with van der Waals surface area (Å²) in [6.45, 7) is 9.91. The zero-order valence-electron chi connectivity index (χ0n) is 28.4. The third-order valence-electron chi connectivity index (χ3n) is 7.99. The van der Waals surface area contributed by atoms with Crippen LogP contribution in [0.1, 0.15) is 69.8 Å². The van der Waals surface area contributed by atoms with Crippen LogP contribution in [0.25, 0.3) is 0 Å². The SMILES string of the molecule is CC(C)NC(=O)N(C)C[C@@H]1OCCCC[C@@H](C)Oc2ccc(NC(=O)Nc3ccc(C(F)(F)F)cc3)cc2C(=O)N([C@@H](C)CO)C[C@H]1C. The summed E-state index contributed by atoms with van der Waals surface area (Å²) in [4.78, 5) is 42.8. The molecule has 266 valence electrons. The van der Waals surface area contributed by atoms with E-state index in [0.717, 1.165) is 37.1 Å². The summed E-state index contributed by atoms with van der Waals surface area (Å²) >= 11 is 0. The Morgan fingerprint density at radius 2 is 1.69 bits per heavy atom. The molecule has 4 N–H and O–H groups in total. The van der Waals surface area contributed by atoms with Crippen LogP contribution in [0.4, 0.5) is 34.1 Å². The lowest BCUT2D eigenvalue weighted by Gasteiger charge is -2.36. The third kappa shape index (κ3) is 11.3. The number of nitrogens with one attached hydrogen (secondary N) is 3. The van der Waals surface area contributed by atoms with Gasteiger partial charge in [-0.05, 0) is 89.4 Å². The normalized spacial score (nSPS) is 20.2. The van der Waals surface area contributed by atoms with Crippen molar-refractivity contribution in [2.24, 2.45) is 5.92 Å². The molecule has 0 aliphatic carbocycles. The monoisotopic (exact) mass is 679 g/mol. The fraction of sp³-hybridized carbons (Fsp3) is 0.559. The highest BCUT2D eigenvalue weighted by Gasteiger charge is 2.32. The second kappa shape index (κ2) is 17.4. The van der Waals surface area contributed by atoms with Crippen molar-refractivity contribution in [2.75, 3.05) is 44.0 Å². The van der Waals surface area contributed by atoms with Crippen molar-refractivity contribution < 1.29 is 42.1 Å². The van der Waals surface area contributed by atoms with Crippen molar-refractivity contribution in [2.45, 2.75) is 84.3 Å². The smallest absolute Gasteiger partial charge is 0.416 e. The van der Waals surface area contributed by atoms with Gasteiger partial charge < -0.3 is 40.3 Å². The molecule has 48 heavy (non-hydrogen) atoms. The average molecular weight is 680 g/mol. The van der Waals surface area contributed by atoms with E-state index in [2.05, 4.69) is 16.0 Å². The molecule has 4 atom stereocenters. The number of aliphatic hydroxyl groups excluding tert-OH is 1. The van der Waals surface area contributed by atoms with Gasteiger partial charge in [0.05, 0.1) is 36.0 Å². The first-order valence-electron chi connectivity index (χ1n) is 16.2. The molecule has 0 saturated heterocycles. The van der Waals surface area contributed by atoms with Crippen molar-refractivity contribution in [1.29, 1.82) is 0 Å². The van der Waals surface area contributed by atoms with Gasteiger partial charge in [0.15, 0.2) is 0 Å². The number of nitrogens with zero attached hydrogens (tertiary/aromatic N) is 2. The van der Waals surface area contributed by atoms with Crippen LogP contribution in [-0.2, 0) is 10.9 Å². The molecule has 0 fully saturated rings. The molecule has 1 aliphatic heterocycles. The number of carbonyl (C=O) groups excluding carboxylic acids is 3. The minimum atomic E-state index is -4.50. The van der Waals surface area contributed by atoms with Crippen LogP contribution in [0.15, 0.2) is 42.5 Å². The minimum absolute atomic E-state index is 0.0413. The van der Waals surface area contributed by atoms with Gasteiger partial charge in [-0.15, -0.1) is 0 Å². The Kier molecular flexibility index (Phi) is 13.9. The summed E-state index contributed by atoms with van der Waals surface area (Å²) in [5, 5.41) is 18.1. The number of ether oxygens (including phenoxy) is 2. The number of hydrogen-bond acceptors (Lipinski definition) is 6. The fourth-order valence-electron chi connectivity index (χ4n) is 5.21. The Labute approximate surface area is 280 Å². The molecular weight excluding hydrogens is 631 g/mol. The quantitative estimate of drug-likeness (QED) is 0.276. The molecule has 0 aromatic heterocycles. The predicted octanol–water partition coefficient (Wildman–Crippen LogP) is 6.19. The van der Waals surface area contributed by atoms with Gasteiger partial charge in [0.25, 0.3) is 5.91 Å². The summed E-state index contributed by atoms with van der Waals surface area (Å²) in [6.07, 6.45) is -2.93. The van der Waals surface area contributed by atoms with Crippen molar-refractivity contribution in [3.05, 3.63) is 53.6 Å². The predicted molar refractivity (Wildman–Crippen MR) is 177 cm³/mol. The number of hydrogen-bond donors (Lipinski definition) is 4. The van der Waals surface area contributed by atoms with Gasteiger partial charge in [-0.3, -0.25) is 4.79 Å². The van der Waals surface area contributed by atoms with Crippen molar-refractivity contribution >= 4 is 29.3 Å². The molecule has 11 nitrogen and oxygen atoms in total. The molecule has 2 aromatic rings. The van der Waals surface area contributed by atoms with Gasteiger partial charge in [-0.1, -0.05) is 6.92 Å². The molecule has 0 bridgehead atoms. The second-order valence-electron chi connectivity index (χ2n) is 12.6. The van der Waals surface area contributed by atoms with Crippen LogP contribution < -0.4 is 20.7 Å². The van der Waals surface area contributed by atoms with E-state index in [1.54, 1.807) is 31.0 Å². The number of likely N-dealkylation sites (N-methyl/N-ethyl adjacent to an activating group) is 1. The van der Waals surface area contributed by atoms with Crippen LogP contribution >= 0.6 is 0 Å². The molecular formula is C34H48F3N5O6. The van der Waals surface area contributed by atoms with E-state index in [-0.39, 0.29) is 60.7 Å². The van der Waals surface area contributed by atoms with E-state index in [9.17, 15) is 32.7 Å². The van der Waals surface area contributed by atoms with E-state index in [4.69, 9.17) is 9.47 Å². The molecule has 3 rings (SSSR count). The molecule has 0 spiro atoms. The van der Waals surface area contributed by atoms with Crippen molar-refractivity contribution in [1.82, 2.24) is 15.1 Å². The van der Waals surface area contributed by atoms with E-state index in [1.807, 2.05) is 27.7 Å². The number of halogens is 3. The van der Waals surface area contributed by atoms with Gasteiger partial charge >= 0.3 is 18.2 Å². The van der Waals surface area contributed by atoms with Crippen molar-refractivity contribution in [3.8, 4) is 5.75 Å². The summed E-state index contributed by atoms with van der Waals surface area (Å²) < 4.78 is 51.3. The highest BCUT2D eigenvalue weighted by atomic mass is 19.4. The number of benzene rings is 2. The first-order chi connectivity index (χ1) is 22.6. The zero-order valence-corrected chi connectivity index (χ0v) is 28.4. The number of alkyl halides is 3. The standard InChI is InChI=1S/C34H48F3N5O6/c1-21(2)38-33(46)41(6)19-30-22(3)18-42(23(4)20-43)31(44)28-17-27(14-15-29(28)48-24(5)9-7-8-16-47-30)40-32(45)39-26-12-10-25(11-13-26)34(35,36)37/h10-15,17,21-24,30,43H,7-9,16,18-20H2,1-6H3,(H,38,46)(H2,39,40,45)/t22-,23+,24-,30+/m1/s1. The molecule has 2 aromatic carbocycles. The van der Waals surface area contributed by atoms with E-state index in [1.165, 1.54) is 11.0 Å². The molecule has 5 amide bonds. The summed E-state index contributed by atoms with van der Waals surface area (Å²) in [5.41, 5.74) is -0.296. The molecule has 1 aliphatic rings. The number of rotatable bonds is 7. The van der Waals surface area contributed by atoms with E-state index < -0.39 is 35.8 Å². The Morgan fingerprint density at radius 1 is 1.04 bits per heavy atom. The van der Waals surface area contributed by atoms with Crippen LogP contribution in [0.3, 0.4) is 0 Å². The molecule has 0 unspecified atom stereocenters. The molecule has 0 saturated carbocycles. The number of aliphatic hydroxyl groups is 1. The average Bonchev–Trinajstić information content (AvgIpc) is 3.01. The van der Waals surface area contributed by atoms with Crippen LogP contribution in [0.2, 0.25) is 0 Å². The highest BCUT2D eigenvalue weighted by molar-refractivity contribution is 6.02. The number of anilines is 2. The highest BCUT2D eigenvalue weighted by Crippen LogP contribution is 2.31. The van der Waals surface area contributed by atoms with Gasteiger partial charge in [0, 0.05) is 50.1 Å². The number of carbonyl (C=O) groups is 3.